The maximum absolute atomic E-state index is 13.0. The number of aliphatic hydroxyl groups excluding tert-OH is 1. The van der Waals surface area contributed by atoms with Gasteiger partial charge in [-0.25, -0.2) is 9.13 Å². The molecule has 0 aromatic rings. The number of phosphoric ester groups is 2. The monoisotopic (exact) mass is 1250 g/mol. The van der Waals surface area contributed by atoms with Crippen LogP contribution in [-0.2, 0) is 65.4 Å². The van der Waals surface area contributed by atoms with E-state index in [-0.39, 0.29) is 25.7 Å². The summed E-state index contributed by atoms with van der Waals surface area (Å²) in [7, 11) is -9.88. The number of ether oxygens (including phenoxy) is 4. The summed E-state index contributed by atoms with van der Waals surface area (Å²) in [4.78, 5) is 72.2. The quantitative estimate of drug-likeness (QED) is 0.0222. The van der Waals surface area contributed by atoms with Gasteiger partial charge in [0, 0.05) is 25.7 Å². The zero-order valence-corrected chi connectivity index (χ0v) is 56.5. The highest BCUT2D eigenvalue weighted by molar-refractivity contribution is 7.47. The average molecular weight is 1260 g/mol. The van der Waals surface area contributed by atoms with Crippen molar-refractivity contribution in [2.24, 2.45) is 5.92 Å². The Morgan fingerprint density at radius 1 is 0.318 bits per heavy atom. The molecule has 85 heavy (non-hydrogen) atoms. The van der Waals surface area contributed by atoms with Crippen molar-refractivity contribution in [2.75, 3.05) is 39.6 Å². The van der Waals surface area contributed by atoms with Gasteiger partial charge in [0.15, 0.2) is 12.2 Å². The van der Waals surface area contributed by atoms with Crippen molar-refractivity contribution in [3.63, 3.8) is 0 Å². The maximum Gasteiger partial charge on any atom is 0.472 e. The molecule has 0 aliphatic rings. The molecule has 0 saturated heterocycles. The summed E-state index contributed by atoms with van der Waals surface area (Å²) >= 11 is 0. The zero-order chi connectivity index (χ0) is 62.8. The van der Waals surface area contributed by atoms with E-state index in [0.29, 0.717) is 25.7 Å². The lowest BCUT2D eigenvalue weighted by Crippen LogP contribution is -2.30. The first-order valence-corrected chi connectivity index (χ1v) is 37.6. The van der Waals surface area contributed by atoms with Crippen LogP contribution in [0.15, 0.2) is 0 Å². The number of aliphatic hydroxyl groups is 1. The number of unbranched alkanes of at least 4 members (excludes halogenated alkanes) is 38. The second-order valence-corrected chi connectivity index (χ2v) is 27.2. The molecule has 0 aliphatic carbocycles. The third-order valence-corrected chi connectivity index (χ3v) is 17.2. The van der Waals surface area contributed by atoms with Gasteiger partial charge < -0.3 is 33.8 Å². The maximum atomic E-state index is 13.0. The van der Waals surface area contributed by atoms with Gasteiger partial charge in [0.2, 0.25) is 0 Å². The van der Waals surface area contributed by atoms with Gasteiger partial charge in [0.1, 0.15) is 19.3 Å². The van der Waals surface area contributed by atoms with Crippen molar-refractivity contribution in [1.29, 1.82) is 0 Å². The molecule has 3 N–H and O–H groups in total. The number of carbonyl (C=O) groups is 4. The third kappa shape index (κ3) is 60.7. The first kappa shape index (κ1) is 83.1. The molecule has 0 rings (SSSR count). The number of rotatable bonds is 66. The number of hydrogen-bond donors (Lipinski definition) is 3. The summed E-state index contributed by atoms with van der Waals surface area (Å²) < 4.78 is 68.0. The molecule has 5 atom stereocenters. The van der Waals surface area contributed by atoms with E-state index in [4.69, 9.17) is 37.0 Å². The molecule has 17 nitrogen and oxygen atoms in total. The van der Waals surface area contributed by atoms with E-state index in [2.05, 4.69) is 34.6 Å². The summed E-state index contributed by atoms with van der Waals surface area (Å²) in [5, 5.41) is 10.5. The van der Waals surface area contributed by atoms with Crippen molar-refractivity contribution in [3.05, 3.63) is 0 Å². The normalized spacial score (nSPS) is 14.2. The van der Waals surface area contributed by atoms with E-state index in [0.717, 1.165) is 109 Å². The largest absolute Gasteiger partial charge is 0.472 e. The average Bonchev–Trinajstić information content (AvgIpc) is 3.56. The van der Waals surface area contributed by atoms with Gasteiger partial charge in [-0.05, 0) is 31.6 Å². The Hall–Kier alpha value is -1.94. The van der Waals surface area contributed by atoms with Crippen molar-refractivity contribution < 1.29 is 80.2 Å². The molecular formula is C66H128O17P2. The van der Waals surface area contributed by atoms with Gasteiger partial charge in [-0.3, -0.25) is 37.3 Å². The molecule has 504 valence electrons. The van der Waals surface area contributed by atoms with Gasteiger partial charge in [-0.2, -0.15) is 0 Å². The smallest absolute Gasteiger partial charge is 0.462 e. The lowest BCUT2D eigenvalue weighted by molar-refractivity contribution is -0.161. The zero-order valence-electron chi connectivity index (χ0n) is 54.7. The number of hydrogen-bond acceptors (Lipinski definition) is 15. The van der Waals surface area contributed by atoms with Crippen LogP contribution in [0, 0.1) is 5.92 Å². The fraction of sp³-hybridized carbons (Fsp3) is 0.939. The molecule has 0 heterocycles. The third-order valence-electron chi connectivity index (χ3n) is 15.3. The van der Waals surface area contributed by atoms with Crippen LogP contribution < -0.4 is 0 Å². The summed E-state index contributed by atoms with van der Waals surface area (Å²) in [6, 6.07) is 0. The molecule has 0 amide bonds. The van der Waals surface area contributed by atoms with Gasteiger partial charge in [-0.1, -0.05) is 285 Å². The number of esters is 4. The van der Waals surface area contributed by atoms with E-state index in [9.17, 15) is 43.2 Å². The molecule has 0 spiro atoms. The highest BCUT2D eigenvalue weighted by Gasteiger charge is 2.30. The molecule has 0 aliphatic heterocycles. The predicted octanol–water partition coefficient (Wildman–Crippen LogP) is 18.6. The Morgan fingerprint density at radius 3 is 0.800 bits per heavy atom. The van der Waals surface area contributed by atoms with Crippen LogP contribution in [-0.4, -0.2) is 96.7 Å². The molecule has 0 fully saturated rings. The summed E-state index contributed by atoms with van der Waals surface area (Å²) in [6.07, 6.45) is 44.6. The minimum atomic E-state index is -4.95. The summed E-state index contributed by atoms with van der Waals surface area (Å²) in [6.45, 7) is 7.13. The minimum Gasteiger partial charge on any atom is -0.462 e. The van der Waals surface area contributed by atoms with E-state index < -0.39 is 97.5 Å². The van der Waals surface area contributed by atoms with Gasteiger partial charge in [0.25, 0.3) is 0 Å². The molecule has 0 aromatic carbocycles. The van der Waals surface area contributed by atoms with Crippen LogP contribution in [0.3, 0.4) is 0 Å². The fourth-order valence-electron chi connectivity index (χ4n) is 9.94. The van der Waals surface area contributed by atoms with Crippen LogP contribution in [0.4, 0.5) is 0 Å². The molecule has 0 radical (unpaired) electrons. The highest BCUT2D eigenvalue weighted by atomic mass is 31.2. The Labute approximate surface area is 517 Å². The van der Waals surface area contributed by atoms with Gasteiger partial charge in [-0.15, -0.1) is 0 Å². The van der Waals surface area contributed by atoms with E-state index >= 15 is 0 Å². The van der Waals surface area contributed by atoms with Crippen LogP contribution in [0.25, 0.3) is 0 Å². The number of carbonyl (C=O) groups excluding carboxylic acids is 4. The summed E-state index contributed by atoms with van der Waals surface area (Å²) in [5.41, 5.74) is 0. The molecular weight excluding hydrogens is 1130 g/mol. The van der Waals surface area contributed by atoms with Crippen LogP contribution >= 0.6 is 15.6 Å². The first-order chi connectivity index (χ1) is 41.0. The van der Waals surface area contributed by atoms with Gasteiger partial charge in [0.05, 0.1) is 26.4 Å². The van der Waals surface area contributed by atoms with Crippen molar-refractivity contribution >= 4 is 39.5 Å². The molecule has 0 saturated carbocycles. The molecule has 2 unspecified atom stereocenters. The second kappa shape index (κ2) is 59.7. The lowest BCUT2D eigenvalue weighted by atomic mass is 10.0. The van der Waals surface area contributed by atoms with Crippen molar-refractivity contribution in [3.8, 4) is 0 Å². The van der Waals surface area contributed by atoms with Crippen LogP contribution in [0.2, 0.25) is 0 Å². The standard InChI is InChI=1S/C66H128O17P2/c1-6-9-12-15-18-20-22-23-24-25-26-27-28-30-37-42-47-52-66(71)83-62(56-77-64(69)50-45-40-35-32-31-34-38-43-48-59(4)5)58-81-85(74,75)79-54-60(67)53-78-84(72,73)80-57-61(55-76-63(68)49-44-39-33-17-14-11-8-3)82-65(70)51-46-41-36-29-21-19-16-13-10-7-2/h59-62,67H,6-58H2,1-5H3,(H,72,73)(H,74,75)/t60-,61+,62+/m0/s1. The Balaban J connectivity index is 5.18. The van der Waals surface area contributed by atoms with E-state index in [1.54, 1.807) is 0 Å². The van der Waals surface area contributed by atoms with Crippen LogP contribution in [0.1, 0.15) is 336 Å². The molecule has 0 bridgehead atoms. The Morgan fingerprint density at radius 2 is 0.541 bits per heavy atom. The second-order valence-electron chi connectivity index (χ2n) is 24.3. The Bertz CT molecular complexity index is 1650. The predicted molar refractivity (Wildman–Crippen MR) is 340 cm³/mol. The van der Waals surface area contributed by atoms with E-state index in [1.165, 1.54) is 148 Å². The first-order valence-electron chi connectivity index (χ1n) is 34.6. The SMILES string of the molecule is CCCCCCCCCCCCCCCCCCCC(=O)O[C@H](COC(=O)CCCCCCCCCCC(C)C)COP(=O)(O)OC[C@@H](O)COP(=O)(O)OC[C@@H](COC(=O)CCCCCCCCC)OC(=O)CCCCCCCCCCCC. The fourth-order valence-corrected chi connectivity index (χ4v) is 11.5. The number of phosphoric acid groups is 2. The molecule has 0 aromatic heterocycles. The van der Waals surface area contributed by atoms with Crippen molar-refractivity contribution in [1.82, 2.24) is 0 Å². The minimum absolute atomic E-state index is 0.106. The van der Waals surface area contributed by atoms with Crippen LogP contribution in [0.5, 0.6) is 0 Å². The highest BCUT2D eigenvalue weighted by Crippen LogP contribution is 2.45. The topological polar surface area (TPSA) is 237 Å². The molecule has 19 heteroatoms. The Kier molecular flexibility index (Phi) is 58.3. The van der Waals surface area contributed by atoms with E-state index in [1.807, 2.05) is 0 Å². The van der Waals surface area contributed by atoms with Gasteiger partial charge >= 0.3 is 39.5 Å². The van der Waals surface area contributed by atoms with Crippen molar-refractivity contribution in [2.45, 2.75) is 355 Å². The summed E-state index contributed by atoms with van der Waals surface area (Å²) in [5.74, 6) is -1.41. The lowest BCUT2D eigenvalue weighted by Gasteiger charge is -2.21.